The van der Waals surface area contributed by atoms with E-state index < -0.39 is 0 Å². The van der Waals surface area contributed by atoms with E-state index in [1.807, 2.05) is 36.6 Å². The van der Waals surface area contributed by atoms with E-state index in [0.717, 1.165) is 10.5 Å². The molecule has 1 aromatic heterocycles. The topological polar surface area (TPSA) is 53.5 Å². The van der Waals surface area contributed by atoms with Gasteiger partial charge in [-0.05, 0) is 11.8 Å². The van der Waals surface area contributed by atoms with Crippen LogP contribution in [0.5, 0.6) is 17.8 Å². The summed E-state index contributed by atoms with van der Waals surface area (Å²) in [5, 5.41) is 0. The maximum atomic E-state index is 5.77. The van der Waals surface area contributed by atoms with Crippen molar-refractivity contribution in [2.24, 2.45) is 0 Å². The lowest BCUT2D eigenvalue weighted by Crippen LogP contribution is -2.03. The Morgan fingerprint density at radius 1 is 1.00 bits per heavy atom. The van der Waals surface area contributed by atoms with Crippen LogP contribution in [-0.4, -0.2) is 30.4 Å². The molecular formula is C14H16N2O3S. The van der Waals surface area contributed by atoms with E-state index >= 15 is 0 Å². The fraction of sp³-hybridized carbons (Fsp3) is 0.286. The van der Waals surface area contributed by atoms with Gasteiger partial charge in [-0.2, -0.15) is 9.97 Å². The minimum atomic E-state index is 0.225. The highest BCUT2D eigenvalue weighted by Gasteiger charge is 2.16. The van der Waals surface area contributed by atoms with Gasteiger partial charge in [-0.1, -0.05) is 30.3 Å². The summed E-state index contributed by atoms with van der Waals surface area (Å²) in [4.78, 5) is 9.12. The van der Waals surface area contributed by atoms with Gasteiger partial charge in [-0.15, -0.1) is 11.8 Å². The molecule has 5 nitrogen and oxygen atoms in total. The first-order valence-corrected chi connectivity index (χ1v) is 7.21. The van der Waals surface area contributed by atoms with Crippen LogP contribution in [0.3, 0.4) is 0 Å². The van der Waals surface area contributed by atoms with Gasteiger partial charge in [0.25, 0.3) is 0 Å². The number of nitrogens with zero attached hydrogens (tertiary/aromatic N) is 2. The van der Waals surface area contributed by atoms with Crippen LogP contribution in [0.15, 0.2) is 35.2 Å². The molecule has 0 unspecified atom stereocenters. The summed E-state index contributed by atoms with van der Waals surface area (Å²) in [7, 11) is 3.07. The monoisotopic (exact) mass is 292 g/mol. The van der Waals surface area contributed by atoms with Gasteiger partial charge in [-0.3, -0.25) is 0 Å². The molecule has 0 N–H and O–H groups in total. The van der Waals surface area contributed by atoms with Gasteiger partial charge in [0.2, 0.25) is 11.8 Å². The summed E-state index contributed by atoms with van der Waals surface area (Å²) in [6, 6.07) is 10.1. The first kappa shape index (κ1) is 14.5. The summed E-state index contributed by atoms with van der Waals surface area (Å²) in [6.07, 6.45) is 1.92. The molecule has 106 valence electrons. The van der Waals surface area contributed by atoms with E-state index in [2.05, 4.69) is 9.97 Å². The minimum Gasteiger partial charge on any atom is -0.480 e. The predicted molar refractivity (Wildman–Crippen MR) is 77.7 cm³/mol. The molecule has 0 bridgehead atoms. The molecule has 2 rings (SSSR count). The standard InChI is InChI=1S/C14H16N2O3S/c1-17-12-11(20-3)13(16-14(15-12)18-2)19-9-10-7-5-4-6-8-10/h4-8H,9H2,1-3H3. The third-order valence-corrected chi connectivity index (χ3v) is 3.34. The largest absolute Gasteiger partial charge is 0.480 e. The molecule has 0 radical (unpaired) electrons. The Kier molecular flexibility index (Phi) is 5.06. The normalized spacial score (nSPS) is 10.2. The second-order valence-electron chi connectivity index (χ2n) is 3.83. The molecule has 1 aromatic carbocycles. The third kappa shape index (κ3) is 3.33. The number of hydrogen-bond acceptors (Lipinski definition) is 6. The van der Waals surface area contributed by atoms with Crippen molar-refractivity contribution >= 4 is 11.8 Å². The number of rotatable bonds is 6. The van der Waals surface area contributed by atoms with E-state index in [1.54, 1.807) is 7.11 Å². The Labute approximate surface area is 122 Å². The first-order chi connectivity index (χ1) is 9.78. The smallest absolute Gasteiger partial charge is 0.322 e. The quantitative estimate of drug-likeness (QED) is 0.763. The summed E-state index contributed by atoms with van der Waals surface area (Å²) >= 11 is 1.47. The molecule has 0 aliphatic rings. The predicted octanol–water partition coefficient (Wildman–Crippen LogP) is 2.79. The van der Waals surface area contributed by atoms with Crippen LogP contribution in [0.25, 0.3) is 0 Å². The molecule has 0 saturated heterocycles. The number of methoxy groups -OCH3 is 2. The highest BCUT2D eigenvalue weighted by molar-refractivity contribution is 7.98. The maximum absolute atomic E-state index is 5.77. The molecule has 2 aromatic rings. The maximum Gasteiger partial charge on any atom is 0.322 e. The van der Waals surface area contributed by atoms with Crippen molar-refractivity contribution in [1.29, 1.82) is 0 Å². The van der Waals surface area contributed by atoms with Gasteiger partial charge in [-0.25, -0.2) is 0 Å². The van der Waals surface area contributed by atoms with Crippen LogP contribution < -0.4 is 14.2 Å². The minimum absolute atomic E-state index is 0.225. The lowest BCUT2D eigenvalue weighted by molar-refractivity contribution is 0.266. The summed E-state index contributed by atoms with van der Waals surface area (Å²) < 4.78 is 16.1. The van der Waals surface area contributed by atoms with Crippen molar-refractivity contribution in [2.45, 2.75) is 11.5 Å². The fourth-order valence-corrected chi connectivity index (χ4v) is 2.20. The summed E-state index contributed by atoms with van der Waals surface area (Å²) in [5.41, 5.74) is 1.07. The Morgan fingerprint density at radius 3 is 2.30 bits per heavy atom. The molecule has 0 saturated carbocycles. The lowest BCUT2D eigenvalue weighted by Gasteiger charge is -2.12. The van der Waals surface area contributed by atoms with E-state index in [4.69, 9.17) is 14.2 Å². The third-order valence-electron chi connectivity index (χ3n) is 2.58. The zero-order chi connectivity index (χ0) is 14.4. The van der Waals surface area contributed by atoms with Crippen LogP contribution in [0.2, 0.25) is 0 Å². The number of hydrogen-bond donors (Lipinski definition) is 0. The second-order valence-corrected chi connectivity index (χ2v) is 4.65. The number of thioether (sulfide) groups is 1. The molecule has 20 heavy (non-hydrogen) atoms. The van der Waals surface area contributed by atoms with Crippen molar-refractivity contribution in [3.05, 3.63) is 35.9 Å². The molecule has 1 heterocycles. The highest BCUT2D eigenvalue weighted by Crippen LogP contribution is 2.35. The van der Waals surface area contributed by atoms with Crippen LogP contribution >= 0.6 is 11.8 Å². The van der Waals surface area contributed by atoms with Gasteiger partial charge in [0.05, 0.1) is 14.2 Å². The van der Waals surface area contributed by atoms with Crippen molar-refractivity contribution in [3.8, 4) is 17.8 Å². The Morgan fingerprint density at radius 2 is 1.70 bits per heavy atom. The zero-order valence-electron chi connectivity index (χ0n) is 11.6. The van der Waals surface area contributed by atoms with E-state index in [-0.39, 0.29) is 6.01 Å². The first-order valence-electron chi connectivity index (χ1n) is 5.99. The number of ether oxygens (including phenoxy) is 3. The van der Waals surface area contributed by atoms with Gasteiger partial charge in [0.15, 0.2) is 0 Å². The van der Waals surface area contributed by atoms with Crippen molar-refractivity contribution in [3.63, 3.8) is 0 Å². The zero-order valence-corrected chi connectivity index (χ0v) is 12.4. The molecule has 0 fully saturated rings. The van der Waals surface area contributed by atoms with E-state index in [9.17, 15) is 0 Å². The highest BCUT2D eigenvalue weighted by atomic mass is 32.2. The average Bonchev–Trinajstić information content (AvgIpc) is 2.52. The Balaban J connectivity index is 2.25. The van der Waals surface area contributed by atoms with Crippen molar-refractivity contribution < 1.29 is 14.2 Å². The fourth-order valence-electron chi connectivity index (χ4n) is 1.62. The summed E-state index contributed by atoms with van der Waals surface area (Å²) in [6.45, 7) is 0.428. The Bertz CT molecular complexity index is 564. The lowest BCUT2D eigenvalue weighted by atomic mass is 10.2. The van der Waals surface area contributed by atoms with Gasteiger partial charge >= 0.3 is 6.01 Å². The summed E-state index contributed by atoms with van der Waals surface area (Å²) in [5.74, 6) is 0.914. The van der Waals surface area contributed by atoms with Crippen molar-refractivity contribution in [2.75, 3.05) is 20.5 Å². The van der Waals surface area contributed by atoms with Crippen LogP contribution in [0.4, 0.5) is 0 Å². The molecular weight excluding hydrogens is 276 g/mol. The molecule has 0 aliphatic heterocycles. The molecule has 6 heteroatoms. The number of benzene rings is 1. The molecule has 0 amide bonds. The van der Waals surface area contributed by atoms with E-state index in [1.165, 1.54) is 18.9 Å². The average molecular weight is 292 g/mol. The van der Waals surface area contributed by atoms with Gasteiger partial charge in [0, 0.05) is 0 Å². The molecule has 0 spiro atoms. The van der Waals surface area contributed by atoms with Crippen LogP contribution in [0, 0.1) is 0 Å². The second kappa shape index (κ2) is 7.00. The van der Waals surface area contributed by atoms with E-state index in [0.29, 0.717) is 18.4 Å². The van der Waals surface area contributed by atoms with Gasteiger partial charge in [0.1, 0.15) is 11.5 Å². The van der Waals surface area contributed by atoms with Crippen LogP contribution in [-0.2, 0) is 6.61 Å². The molecule has 0 aliphatic carbocycles. The SMILES string of the molecule is COc1nc(OC)c(SC)c(OCc2ccccc2)n1. The van der Waals surface area contributed by atoms with Gasteiger partial charge < -0.3 is 14.2 Å². The number of aromatic nitrogens is 2. The van der Waals surface area contributed by atoms with Crippen LogP contribution in [0.1, 0.15) is 5.56 Å². The Hall–Kier alpha value is -1.95. The van der Waals surface area contributed by atoms with Crippen molar-refractivity contribution in [1.82, 2.24) is 9.97 Å². The molecule has 0 atom stereocenters.